The van der Waals surface area contributed by atoms with Gasteiger partial charge in [-0.15, -0.1) is 0 Å². The fourth-order valence-electron chi connectivity index (χ4n) is 2.86. The van der Waals surface area contributed by atoms with Gasteiger partial charge in [-0.3, -0.25) is 9.59 Å². The minimum Gasteiger partial charge on any atom is -0.326 e. The summed E-state index contributed by atoms with van der Waals surface area (Å²) in [6.45, 7) is 2.14. The van der Waals surface area contributed by atoms with Crippen LogP contribution in [0.4, 0.5) is 11.4 Å². The SMILES string of the molecule is CC(=O)Nc1ccccc1C(=O)N1CCCc2ccccc21. The van der Waals surface area contributed by atoms with E-state index in [1.54, 1.807) is 17.0 Å². The number of carbonyl (C=O) groups excluding carboxylic acids is 2. The van der Waals surface area contributed by atoms with E-state index in [9.17, 15) is 9.59 Å². The highest BCUT2D eigenvalue weighted by Gasteiger charge is 2.24. The summed E-state index contributed by atoms with van der Waals surface area (Å²) in [7, 11) is 0. The number of nitrogens with zero attached hydrogens (tertiary/aromatic N) is 1. The van der Waals surface area contributed by atoms with Gasteiger partial charge in [0.05, 0.1) is 11.3 Å². The maximum atomic E-state index is 12.9. The molecule has 0 fully saturated rings. The Kier molecular flexibility index (Phi) is 3.92. The van der Waals surface area contributed by atoms with E-state index >= 15 is 0 Å². The van der Waals surface area contributed by atoms with Crippen LogP contribution in [0.1, 0.15) is 29.3 Å². The summed E-state index contributed by atoms with van der Waals surface area (Å²) in [5, 5.41) is 2.73. The van der Waals surface area contributed by atoms with Crippen molar-refractivity contribution in [1.29, 1.82) is 0 Å². The van der Waals surface area contributed by atoms with Gasteiger partial charge in [0.15, 0.2) is 0 Å². The van der Waals surface area contributed by atoms with E-state index in [-0.39, 0.29) is 11.8 Å². The predicted octanol–water partition coefficient (Wildman–Crippen LogP) is 3.24. The number of benzene rings is 2. The first-order chi connectivity index (χ1) is 10.7. The number of carbonyl (C=O) groups is 2. The molecule has 2 aromatic carbocycles. The summed E-state index contributed by atoms with van der Waals surface area (Å²) in [5.74, 6) is -0.254. The molecule has 4 nitrogen and oxygen atoms in total. The molecule has 2 aromatic rings. The van der Waals surface area contributed by atoms with Crippen molar-refractivity contribution >= 4 is 23.2 Å². The van der Waals surface area contributed by atoms with Crippen molar-refractivity contribution in [1.82, 2.24) is 0 Å². The molecule has 0 bridgehead atoms. The first-order valence-electron chi connectivity index (χ1n) is 7.43. The van der Waals surface area contributed by atoms with Crippen molar-refractivity contribution < 1.29 is 9.59 Å². The molecule has 22 heavy (non-hydrogen) atoms. The lowest BCUT2D eigenvalue weighted by atomic mass is 10.0. The summed E-state index contributed by atoms with van der Waals surface area (Å²) < 4.78 is 0. The number of anilines is 2. The number of fused-ring (bicyclic) bond motifs is 1. The summed E-state index contributed by atoms with van der Waals surface area (Å²) >= 11 is 0. The Balaban J connectivity index is 1.97. The molecule has 1 aliphatic heterocycles. The molecule has 0 unspecified atom stereocenters. The van der Waals surface area contributed by atoms with Gasteiger partial charge in [0.1, 0.15) is 0 Å². The van der Waals surface area contributed by atoms with Crippen LogP contribution in [0.25, 0.3) is 0 Å². The zero-order chi connectivity index (χ0) is 15.5. The second-order valence-electron chi connectivity index (χ2n) is 5.42. The van der Waals surface area contributed by atoms with Gasteiger partial charge in [0.2, 0.25) is 5.91 Å². The molecular weight excluding hydrogens is 276 g/mol. The molecule has 0 aliphatic carbocycles. The van der Waals surface area contributed by atoms with Crippen LogP contribution < -0.4 is 10.2 Å². The highest BCUT2D eigenvalue weighted by atomic mass is 16.2. The minimum atomic E-state index is -0.181. The van der Waals surface area contributed by atoms with Gasteiger partial charge in [-0.1, -0.05) is 30.3 Å². The first-order valence-corrected chi connectivity index (χ1v) is 7.43. The number of amides is 2. The predicted molar refractivity (Wildman–Crippen MR) is 87.2 cm³/mol. The van der Waals surface area contributed by atoms with Crippen LogP contribution in [0, 0.1) is 0 Å². The van der Waals surface area contributed by atoms with Crippen LogP contribution in [-0.4, -0.2) is 18.4 Å². The van der Waals surface area contributed by atoms with E-state index in [0.717, 1.165) is 18.5 Å². The van der Waals surface area contributed by atoms with Crippen LogP contribution in [0.15, 0.2) is 48.5 Å². The fourth-order valence-corrected chi connectivity index (χ4v) is 2.86. The Bertz CT molecular complexity index is 725. The Morgan fingerprint density at radius 1 is 1.05 bits per heavy atom. The molecule has 1 aliphatic rings. The summed E-state index contributed by atoms with van der Waals surface area (Å²) in [4.78, 5) is 26.1. The normalized spacial score (nSPS) is 13.4. The van der Waals surface area contributed by atoms with Crippen molar-refractivity contribution in [3.63, 3.8) is 0 Å². The van der Waals surface area contributed by atoms with Crippen LogP contribution in [0.2, 0.25) is 0 Å². The van der Waals surface area contributed by atoms with E-state index in [0.29, 0.717) is 17.8 Å². The second-order valence-corrected chi connectivity index (χ2v) is 5.42. The second kappa shape index (κ2) is 6.02. The lowest BCUT2D eigenvalue weighted by molar-refractivity contribution is -0.114. The number of nitrogens with one attached hydrogen (secondary N) is 1. The van der Waals surface area contributed by atoms with Crippen molar-refractivity contribution in [2.24, 2.45) is 0 Å². The number of rotatable bonds is 2. The van der Waals surface area contributed by atoms with Gasteiger partial charge < -0.3 is 10.2 Å². The number of hydrogen-bond acceptors (Lipinski definition) is 2. The quantitative estimate of drug-likeness (QED) is 0.924. The van der Waals surface area contributed by atoms with Gasteiger partial charge in [-0.25, -0.2) is 0 Å². The summed E-state index contributed by atoms with van der Waals surface area (Å²) in [6, 6.07) is 15.1. The molecule has 0 atom stereocenters. The van der Waals surface area contributed by atoms with Crippen molar-refractivity contribution in [3.8, 4) is 0 Å². The van der Waals surface area contributed by atoms with Crippen molar-refractivity contribution in [2.45, 2.75) is 19.8 Å². The van der Waals surface area contributed by atoms with E-state index in [4.69, 9.17) is 0 Å². The third kappa shape index (κ3) is 2.72. The van der Waals surface area contributed by atoms with Gasteiger partial charge in [0.25, 0.3) is 5.91 Å². The van der Waals surface area contributed by atoms with Crippen LogP contribution in [-0.2, 0) is 11.2 Å². The average Bonchev–Trinajstić information content (AvgIpc) is 2.54. The van der Waals surface area contributed by atoms with Crippen LogP contribution in [0.3, 0.4) is 0 Å². The van der Waals surface area contributed by atoms with Crippen LogP contribution in [0.5, 0.6) is 0 Å². The zero-order valence-corrected chi connectivity index (χ0v) is 12.5. The summed E-state index contributed by atoms with van der Waals surface area (Å²) in [6.07, 6.45) is 1.94. The minimum absolute atomic E-state index is 0.0727. The van der Waals surface area contributed by atoms with Gasteiger partial charge >= 0.3 is 0 Å². The molecular formula is C18H18N2O2. The molecule has 0 radical (unpaired) electrons. The molecule has 2 amide bonds. The van der Waals surface area contributed by atoms with E-state index in [1.807, 2.05) is 30.3 Å². The fraction of sp³-hybridized carbons (Fsp3) is 0.222. The molecule has 3 rings (SSSR count). The van der Waals surface area contributed by atoms with Crippen molar-refractivity contribution in [2.75, 3.05) is 16.8 Å². The number of para-hydroxylation sites is 2. The molecule has 1 N–H and O–H groups in total. The molecule has 0 aromatic heterocycles. The number of hydrogen-bond donors (Lipinski definition) is 1. The Morgan fingerprint density at radius 2 is 1.77 bits per heavy atom. The maximum Gasteiger partial charge on any atom is 0.260 e. The molecule has 0 saturated carbocycles. The smallest absolute Gasteiger partial charge is 0.260 e. The molecule has 0 saturated heterocycles. The third-order valence-electron chi connectivity index (χ3n) is 3.82. The molecule has 0 spiro atoms. The lowest BCUT2D eigenvalue weighted by Gasteiger charge is -2.30. The molecule has 112 valence electrons. The molecule has 1 heterocycles. The standard InChI is InChI=1S/C18H18N2O2/c1-13(21)19-16-10-4-3-9-15(16)18(22)20-12-6-8-14-7-2-5-11-17(14)20/h2-5,7,9-11H,6,8,12H2,1H3,(H,19,21). The van der Waals surface area contributed by atoms with E-state index in [2.05, 4.69) is 11.4 Å². The first kappa shape index (κ1) is 14.3. The van der Waals surface area contributed by atoms with E-state index in [1.165, 1.54) is 12.5 Å². The topological polar surface area (TPSA) is 49.4 Å². The Labute approximate surface area is 129 Å². The summed E-state index contributed by atoms with van der Waals surface area (Å²) in [5.41, 5.74) is 3.24. The number of aryl methyl sites for hydroxylation is 1. The average molecular weight is 294 g/mol. The van der Waals surface area contributed by atoms with Gasteiger partial charge in [0, 0.05) is 19.2 Å². The molecule has 4 heteroatoms. The monoisotopic (exact) mass is 294 g/mol. The highest BCUT2D eigenvalue weighted by molar-refractivity contribution is 6.11. The van der Waals surface area contributed by atoms with Crippen LogP contribution >= 0.6 is 0 Å². The maximum absolute atomic E-state index is 12.9. The Morgan fingerprint density at radius 3 is 2.59 bits per heavy atom. The third-order valence-corrected chi connectivity index (χ3v) is 3.82. The van der Waals surface area contributed by atoms with Gasteiger partial charge in [-0.2, -0.15) is 0 Å². The van der Waals surface area contributed by atoms with Crippen molar-refractivity contribution in [3.05, 3.63) is 59.7 Å². The Hall–Kier alpha value is -2.62. The lowest BCUT2D eigenvalue weighted by Crippen LogP contribution is -2.36. The highest BCUT2D eigenvalue weighted by Crippen LogP contribution is 2.29. The van der Waals surface area contributed by atoms with Gasteiger partial charge in [-0.05, 0) is 36.6 Å². The largest absolute Gasteiger partial charge is 0.326 e. The van der Waals surface area contributed by atoms with E-state index < -0.39 is 0 Å². The zero-order valence-electron chi connectivity index (χ0n) is 12.5.